The van der Waals surface area contributed by atoms with Crippen LogP contribution in [0.1, 0.15) is 6.42 Å². The van der Waals surface area contributed by atoms with Crippen LogP contribution >= 0.6 is 0 Å². The van der Waals surface area contributed by atoms with Crippen molar-refractivity contribution in [1.29, 1.82) is 0 Å². The lowest BCUT2D eigenvalue weighted by molar-refractivity contribution is -0.126. The van der Waals surface area contributed by atoms with Crippen molar-refractivity contribution < 1.29 is 9.59 Å². The third kappa shape index (κ3) is 1.12. The molecule has 1 saturated heterocycles. The van der Waals surface area contributed by atoms with E-state index in [1.54, 1.807) is 0 Å². The summed E-state index contributed by atoms with van der Waals surface area (Å²) in [7, 11) is 0. The maximum Gasteiger partial charge on any atom is 0.254 e. The molecule has 3 rings (SSSR count). The highest BCUT2D eigenvalue weighted by Gasteiger charge is 2.45. The summed E-state index contributed by atoms with van der Waals surface area (Å²) in [5.74, 6) is -0.0494. The first-order valence-electron chi connectivity index (χ1n) is 5.17. The van der Waals surface area contributed by atoms with Gasteiger partial charge in [-0.25, -0.2) is 0 Å². The maximum atomic E-state index is 11.6. The van der Waals surface area contributed by atoms with Crippen molar-refractivity contribution in [2.24, 2.45) is 17.8 Å². The summed E-state index contributed by atoms with van der Waals surface area (Å²) >= 11 is 0. The fourth-order valence-corrected chi connectivity index (χ4v) is 2.67. The number of rotatable bonds is 0. The van der Waals surface area contributed by atoms with Gasteiger partial charge in [0.1, 0.15) is 0 Å². The number of amides is 2. The standard InChI is InChI=1S/C12H11NO2/c14-11-9-6-5-7-3-1-2-4-8(7)10(9)12(15)13-11/h1-4,6-8,10H,5H2,(H,13,14,15). The van der Waals surface area contributed by atoms with Crippen molar-refractivity contribution in [2.75, 3.05) is 0 Å². The SMILES string of the molecule is O=C1NC(=O)C2C1=CCC1C=CC=CC12. The van der Waals surface area contributed by atoms with Crippen LogP contribution in [0.2, 0.25) is 0 Å². The molecule has 3 nitrogen and oxygen atoms in total. The minimum atomic E-state index is -0.252. The molecule has 1 N–H and O–H groups in total. The Kier molecular flexibility index (Phi) is 1.69. The summed E-state index contributed by atoms with van der Waals surface area (Å²) in [6, 6.07) is 0. The number of allylic oxidation sites excluding steroid dienone is 5. The summed E-state index contributed by atoms with van der Waals surface area (Å²) in [5.41, 5.74) is 0.668. The van der Waals surface area contributed by atoms with Crippen molar-refractivity contribution in [3.8, 4) is 0 Å². The fraction of sp³-hybridized carbons (Fsp3) is 0.333. The molecule has 3 aliphatic rings. The van der Waals surface area contributed by atoms with E-state index in [2.05, 4.69) is 11.4 Å². The van der Waals surface area contributed by atoms with Gasteiger partial charge in [0.15, 0.2) is 0 Å². The van der Waals surface area contributed by atoms with Gasteiger partial charge in [0.25, 0.3) is 5.91 Å². The molecule has 0 radical (unpaired) electrons. The molecule has 1 aliphatic heterocycles. The van der Waals surface area contributed by atoms with Crippen molar-refractivity contribution in [1.82, 2.24) is 5.32 Å². The van der Waals surface area contributed by atoms with E-state index in [-0.39, 0.29) is 23.7 Å². The van der Waals surface area contributed by atoms with E-state index in [4.69, 9.17) is 0 Å². The van der Waals surface area contributed by atoms with Gasteiger partial charge in [0, 0.05) is 5.57 Å². The van der Waals surface area contributed by atoms with Gasteiger partial charge in [-0.05, 0) is 18.3 Å². The van der Waals surface area contributed by atoms with Crippen LogP contribution in [0, 0.1) is 17.8 Å². The summed E-state index contributed by atoms with van der Waals surface area (Å²) in [6.45, 7) is 0. The number of imide groups is 1. The van der Waals surface area contributed by atoms with Crippen molar-refractivity contribution in [2.45, 2.75) is 6.42 Å². The Labute approximate surface area is 87.5 Å². The molecule has 0 aromatic carbocycles. The second-order valence-corrected chi connectivity index (χ2v) is 4.20. The predicted octanol–water partition coefficient (Wildman–Crippen LogP) is 0.947. The Bertz CT molecular complexity index is 431. The highest BCUT2D eigenvalue weighted by atomic mass is 16.2. The van der Waals surface area contributed by atoms with Crippen LogP contribution in [0.25, 0.3) is 0 Å². The summed E-state index contributed by atoms with van der Waals surface area (Å²) in [5, 5.41) is 2.39. The van der Waals surface area contributed by atoms with E-state index in [0.717, 1.165) is 6.42 Å². The Balaban J connectivity index is 2.05. The molecule has 0 spiro atoms. The van der Waals surface area contributed by atoms with Gasteiger partial charge in [-0.2, -0.15) is 0 Å². The predicted molar refractivity (Wildman–Crippen MR) is 54.6 cm³/mol. The molecular weight excluding hydrogens is 190 g/mol. The zero-order chi connectivity index (χ0) is 10.4. The van der Waals surface area contributed by atoms with Crippen LogP contribution < -0.4 is 5.32 Å². The lowest BCUT2D eigenvalue weighted by Gasteiger charge is -2.30. The number of hydrogen-bond donors (Lipinski definition) is 1. The highest BCUT2D eigenvalue weighted by molar-refractivity contribution is 6.15. The topological polar surface area (TPSA) is 46.2 Å². The molecule has 2 amide bonds. The van der Waals surface area contributed by atoms with Crippen molar-refractivity contribution >= 4 is 11.8 Å². The first-order valence-corrected chi connectivity index (χ1v) is 5.17. The molecule has 0 saturated carbocycles. The second kappa shape index (κ2) is 2.92. The van der Waals surface area contributed by atoms with Crippen LogP contribution in [0.3, 0.4) is 0 Å². The van der Waals surface area contributed by atoms with Gasteiger partial charge < -0.3 is 0 Å². The Morgan fingerprint density at radius 3 is 2.87 bits per heavy atom. The number of carbonyl (C=O) groups is 2. The number of hydrogen-bond acceptors (Lipinski definition) is 2. The van der Waals surface area contributed by atoms with Gasteiger partial charge in [0.2, 0.25) is 5.91 Å². The van der Waals surface area contributed by atoms with E-state index in [9.17, 15) is 9.59 Å². The molecule has 0 aromatic rings. The van der Waals surface area contributed by atoms with E-state index in [1.807, 2.05) is 24.3 Å². The average Bonchev–Trinajstić information content (AvgIpc) is 2.55. The van der Waals surface area contributed by atoms with Crippen LogP contribution in [0.4, 0.5) is 0 Å². The zero-order valence-corrected chi connectivity index (χ0v) is 8.14. The first kappa shape index (κ1) is 8.65. The minimum Gasteiger partial charge on any atom is -0.292 e. The lowest BCUT2D eigenvalue weighted by atomic mass is 9.71. The molecule has 0 aromatic heterocycles. The lowest BCUT2D eigenvalue weighted by Crippen LogP contribution is -2.31. The Hall–Kier alpha value is -1.64. The van der Waals surface area contributed by atoms with Crippen LogP contribution in [-0.4, -0.2) is 11.8 Å². The highest BCUT2D eigenvalue weighted by Crippen LogP contribution is 2.40. The Morgan fingerprint density at radius 1 is 1.20 bits per heavy atom. The molecule has 76 valence electrons. The molecule has 3 heteroatoms. The Morgan fingerprint density at radius 2 is 2.00 bits per heavy atom. The van der Waals surface area contributed by atoms with Gasteiger partial charge in [-0.1, -0.05) is 30.4 Å². The molecular formula is C12H11NO2. The summed E-state index contributed by atoms with van der Waals surface area (Å²) < 4.78 is 0. The quantitative estimate of drug-likeness (QED) is 0.593. The third-order valence-electron chi connectivity index (χ3n) is 3.41. The normalized spacial score (nSPS) is 37.1. The van der Waals surface area contributed by atoms with Crippen LogP contribution in [0.5, 0.6) is 0 Å². The molecule has 2 aliphatic carbocycles. The van der Waals surface area contributed by atoms with Gasteiger partial charge in [0.05, 0.1) is 5.92 Å². The zero-order valence-electron chi connectivity index (χ0n) is 8.14. The largest absolute Gasteiger partial charge is 0.292 e. The number of fused-ring (bicyclic) bond motifs is 3. The second-order valence-electron chi connectivity index (χ2n) is 4.20. The van der Waals surface area contributed by atoms with Gasteiger partial charge >= 0.3 is 0 Å². The monoisotopic (exact) mass is 201 g/mol. The fourth-order valence-electron chi connectivity index (χ4n) is 2.67. The van der Waals surface area contributed by atoms with Crippen LogP contribution in [-0.2, 0) is 9.59 Å². The first-order chi connectivity index (χ1) is 7.27. The minimum absolute atomic E-state index is 0.138. The molecule has 1 heterocycles. The van der Waals surface area contributed by atoms with Gasteiger partial charge in [-0.3, -0.25) is 14.9 Å². The van der Waals surface area contributed by atoms with E-state index >= 15 is 0 Å². The number of carbonyl (C=O) groups excluding carboxylic acids is 2. The third-order valence-corrected chi connectivity index (χ3v) is 3.41. The smallest absolute Gasteiger partial charge is 0.254 e. The number of nitrogens with one attached hydrogen (secondary N) is 1. The van der Waals surface area contributed by atoms with Crippen molar-refractivity contribution in [3.05, 3.63) is 36.0 Å². The molecule has 1 fully saturated rings. The molecule has 0 bridgehead atoms. The molecule has 15 heavy (non-hydrogen) atoms. The summed E-state index contributed by atoms with van der Waals surface area (Å²) in [6.07, 6.45) is 10.9. The average molecular weight is 201 g/mol. The van der Waals surface area contributed by atoms with Crippen molar-refractivity contribution in [3.63, 3.8) is 0 Å². The van der Waals surface area contributed by atoms with Crippen LogP contribution in [0.15, 0.2) is 36.0 Å². The van der Waals surface area contributed by atoms with E-state index in [1.165, 1.54) is 0 Å². The van der Waals surface area contributed by atoms with Gasteiger partial charge in [-0.15, -0.1) is 0 Å². The summed E-state index contributed by atoms with van der Waals surface area (Å²) in [4.78, 5) is 23.1. The molecule has 3 unspecified atom stereocenters. The van der Waals surface area contributed by atoms with E-state index < -0.39 is 0 Å². The van der Waals surface area contributed by atoms with E-state index in [0.29, 0.717) is 11.5 Å². The maximum absolute atomic E-state index is 11.6. The molecule has 3 atom stereocenters.